The lowest BCUT2D eigenvalue weighted by Gasteiger charge is -2.60. The molecule has 1 amide bonds. The van der Waals surface area contributed by atoms with Gasteiger partial charge in [0.15, 0.2) is 6.29 Å². The van der Waals surface area contributed by atoms with E-state index in [-0.39, 0.29) is 63.0 Å². The number of unbranched alkanes of at least 4 members (excludes halogenated alkanes) is 2. The van der Waals surface area contributed by atoms with E-state index in [0.717, 1.165) is 59.4 Å². The third-order valence-corrected chi connectivity index (χ3v) is 12.9. The van der Waals surface area contributed by atoms with Gasteiger partial charge in [-0.1, -0.05) is 72.6 Å². The van der Waals surface area contributed by atoms with Crippen molar-refractivity contribution in [3.63, 3.8) is 0 Å². The van der Waals surface area contributed by atoms with Gasteiger partial charge >= 0.3 is 6.09 Å². The number of aliphatic hydroxyl groups excluding tert-OH is 2. The first-order valence-electron chi connectivity index (χ1n) is 23.0. The maximum absolute atomic E-state index is 14.8. The van der Waals surface area contributed by atoms with Crippen molar-refractivity contribution in [2.24, 2.45) is 22.9 Å². The molecule has 12 nitrogen and oxygen atoms in total. The van der Waals surface area contributed by atoms with Gasteiger partial charge in [0.2, 0.25) is 5.79 Å². The molecule has 1 saturated carbocycles. The van der Waals surface area contributed by atoms with Crippen molar-refractivity contribution in [3.05, 3.63) is 120 Å². The molecule has 66 heavy (non-hydrogen) atoms. The minimum absolute atomic E-state index is 0.0115. The fourth-order valence-electron chi connectivity index (χ4n) is 10.0. The number of benzene rings is 4. The van der Waals surface area contributed by atoms with Crippen molar-refractivity contribution in [2.45, 2.75) is 95.6 Å². The predicted molar refractivity (Wildman–Crippen MR) is 256 cm³/mol. The molecule has 6 atom stereocenters. The van der Waals surface area contributed by atoms with Gasteiger partial charge in [-0.05, 0) is 117 Å². The quantitative estimate of drug-likeness (QED) is 0.0272. The summed E-state index contributed by atoms with van der Waals surface area (Å²) in [5, 5.41) is 27.0. The van der Waals surface area contributed by atoms with Gasteiger partial charge in [0.05, 0.1) is 43.3 Å². The number of hydrogen-bond donors (Lipinski definition) is 2. The number of amides is 1. The van der Waals surface area contributed by atoms with Gasteiger partial charge in [-0.25, -0.2) is 4.79 Å². The smallest absolute Gasteiger partial charge is 0.410 e. The van der Waals surface area contributed by atoms with Crippen LogP contribution in [0.1, 0.15) is 93.1 Å². The zero-order valence-corrected chi connectivity index (χ0v) is 39.2. The summed E-state index contributed by atoms with van der Waals surface area (Å²) in [5.41, 5.74) is 3.06. The van der Waals surface area contributed by atoms with Crippen LogP contribution in [0.15, 0.2) is 108 Å². The highest BCUT2D eigenvalue weighted by atomic mass is 35.5. The Labute approximate surface area is 393 Å². The highest BCUT2D eigenvalue weighted by molar-refractivity contribution is 6.18. The Hall–Kier alpha value is -5.40. The van der Waals surface area contributed by atoms with E-state index in [1.807, 2.05) is 81.4 Å². The summed E-state index contributed by atoms with van der Waals surface area (Å²) in [5.74, 6) is -0.297. The third kappa shape index (κ3) is 10.6. The van der Waals surface area contributed by atoms with E-state index in [2.05, 4.69) is 12.7 Å². The van der Waals surface area contributed by atoms with E-state index in [4.69, 9.17) is 45.3 Å². The van der Waals surface area contributed by atoms with Crippen LogP contribution in [0.5, 0.6) is 23.0 Å². The fraction of sp³-hybridized carbons (Fsp3) is 0.453. The lowest BCUT2D eigenvalue weighted by molar-refractivity contribution is -0.256. The van der Waals surface area contributed by atoms with Crippen molar-refractivity contribution in [3.8, 4) is 23.0 Å². The van der Waals surface area contributed by atoms with E-state index in [1.54, 1.807) is 29.2 Å². The number of fused-ring (bicyclic) bond motifs is 3. The number of alkyl halides is 1. The zero-order chi connectivity index (χ0) is 46.8. The summed E-state index contributed by atoms with van der Waals surface area (Å²) in [7, 11) is 1.51. The average molecular weight is 924 g/mol. The molecule has 1 heterocycles. The number of ether oxygens (including phenoxy) is 5. The second kappa shape index (κ2) is 21.9. The monoisotopic (exact) mass is 922 g/mol. The lowest BCUT2D eigenvalue weighted by Crippen LogP contribution is -2.70. The molecule has 4 aromatic rings. The molecule has 1 fully saturated rings. The highest BCUT2D eigenvalue weighted by Gasteiger charge is 2.66. The number of allylic oxidation sites excluding steroid dienone is 1. The SMILES string of the molecule is C=CCO[C@@]12Oc3ccc(Oc4ccc(OC)c(C=O)c4)cc3[C@H]3[C@H](CCCCO)[C@@H](CCCCO)C=C(C(=NOC(C)(C)C)C[C@@H]1N(Cc1cccc4ccccc14)C(=O)OCCCl)[C@H]32. The molecule has 13 heteroatoms. The molecule has 352 valence electrons. The Bertz CT molecular complexity index is 2390. The lowest BCUT2D eigenvalue weighted by atomic mass is 9.55. The number of carbonyl (C=O) groups excluding carboxylic acids is 2. The molecular weight excluding hydrogens is 860 g/mol. The Kier molecular flexibility index (Phi) is 16.1. The van der Waals surface area contributed by atoms with E-state index < -0.39 is 29.4 Å². The molecule has 2 N–H and O–H groups in total. The Morgan fingerprint density at radius 2 is 1.73 bits per heavy atom. The second-order valence-corrected chi connectivity index (χ2v) is 18.5. The molecule has 0 bridgehead atoms. The maximum Gasteiger partial charge on any atom is 0.410 e. The molecule has 3 aliphatic rings. The second-order valence-electron chi connectivity index (χ2n) is 18.2. The summed E-state index contributed by atoms with van der Waals surface area (Å²) in [6.45, 7) is 10.3. The summed E-state index contributed by atoms with van der Waals surface area (Å²) in [4.78, 5) is 34.8. The number of methoxy groups -OCH3 is 1. The fourth-order valence-corrected chi connectivity index (χ4v) is 10.1. The highest BCUT2D eigenvalue weighted by Crippen LogP contribution is 2.62. The molecule has 1 aliphatic heterocycles. The topological polar surface area (TPSA) is 146 Å². The Morgan fingerprint density at radius 1 is 0.985 bits per heavy atom. The van der Waals surface area contributed by atoms with Gasteiger partial charge in [0.25, 0.3) is 0 Å². The zero-order valence-electron chi connectivity index (χ0n) is 38.5. The molecule has 0 spiro atoms. The van der Waals surface area contributed by atoms with Gasteiger partial charge < -0.3 is 38.7 Å². The van der Waals surface area contributed by atoms with Crippen LogP contribution in [-0.2, 0) is 20.9 Å². The van der Waals surface area contributed by atoms with Crippen LogP contribution in [0.2, 0.25) is 0 Å². The minimum atomic E-state index is -1.52. The van der Waals surface area contributed by atoms with Gasteiger partial charge in [0, 0.05) is 31.1 Å². The van der Waals surface area contributed by atoms with Crippen LogP contribution >= 0.6 is 11.6 Å². The number of carbonyl (C=O) groups is 2. The molecule has 0 radical (unpaired) electrons. The number of hydrogen-bond acceptors (Lipinski definition) is 11. The molecule has 4 aromatic carbocycles. The maximum atomic E-state index is 14.8. The first kappa shape index (κ1) is 48.5. The first-order chi connectivity index (χ1) is 32.0. The summed E-state index contributed by atoms with van der Waals surface area (Å²) < 4.78 is 32.4. The molecule has 0 saturated heterocycles. The first-order valence-corrected chi connectivity index (χ1v) is 23.6. The van der Waals surface area contributed by atoms with E-state index >= 15 is 0 Å². The molecule has 2 aliphatic carbocycles. The van der Waals surface area contributed by atoms with Gasteiger partial charge in [-0.15, -0.1) is 18.2 Å². The third-order valence-electron chi connectivity index (χ3n) is 12.8. The van der Waals surface area contributed by atoms with Crippen LogP contribution in [0.25, 0.3) is 10.8 Å². The molecule has 0 aromatic heterocycles. The van der Waals surface area contributed by atoms with Crippen molar-refractivity contribution in [2.75, 3.05) is 39.4 Å². The average Bonchev–Trinajstić information content (AvgIpc) is 3.32. The molecule has 0 unspecified atom stereocenters. The summed E-state index contributed by atoms with van der Waals surface area (Å²) in [6.07, 6.45) is 8.70. The van der Waals surface area contributed by atoms with Crippen molar-refractivity contribution in [1.82, 2.24) is 4.90 Å². The van der Waals surface area contributed by atoms with E-state index in [0.29, 0.717) is 47.1 Å². The van der Waals surface area contributed by atoms with Crippen LogP contribution < -0.4 is 14.2 Å². The number of nitrogens with zero attached hydrogens (tertiary/aromatic N) is 2. The minimum Gasteiger partial charge on any atom is -0.496 e. The Balaban J connectivity index is 1.48. The molecule has 7 rings (SSSR count). The van der Waals surface area contributed by atoms with Crippen LogP contribution in [0.4, 0.5) is 4.79 Å². The van der Waals surface area contributed by atoms with Gasteiger partial charge in [-0.3, -0.25) is 9.69 Å². The normalized spacial score (nSPS) is 22.6. The van der Waals surface area contributed by atoms with E-state index in [1.165, 1.54) is 7.11 Å². The van der Waals surface area contributed by atoms with Crippen LogP contribution in [-0.4, -0.2) is 90.1 Å². The van der Waals surface area contributed by atoms with Crippen molar-refractivity contribution < 1.29 is 48.3 Å². The largest absolute Gasteiger partial charge is 0.496 e. The number of oxime groups is 1. The Morgan fingerprint density at radius 3 is 2.45 bits per heavy atom. The van der Waals surface area contributed by atoms with Crippen LogP contribution in [0, 0.1) is 17.8 Å². The standard InChI is InChI=1S/C53H63ClN2O10/c1-6-27-63-53-48(56(51(60)62-28-24-54)33-37-17-13-16-35-14-7-8-18-41(35)37)32-45(55-66-52(2,3)4)43-30-36(15-9-11-25-57)42(19-10-12-26-58)49(50(43)53)44-31-40(21-23-47(44)65-53)64-39-20-22-46(61-5)38(29-39)34-59/h6-8,13-14,16-18,20-23,29-31,34,36,42,48-50,57-58H,1,9-12,15,19,24-28,32-33H2,2-5H3/t36-,42+,48-,49+,50+,53+/m0/s1. The van der Waals surface area contributed by atoms with E-state index in [9.17, 15) is 19.8 Å². The van der Waals surface area contributed by atoms with Gasteiger partial charge in [-0.2, -0.15) is 0 Å². The van der Waals surface area contributed by atoms with Crippen molar-refractivity contribution >= 4 is 40.5 Å². The van der Waals surface area contributed by atoms with Crippen LogP contribution in [0.3, 0.4) is 0 Å². The van der Waals surface area contributed by atoms with Crippen molar-refractivity contribution in [1.29, 1.82) is 0 Å². The summed E-state index contributed by atoms with van der Waals surface area (Å²) >= 11 is 6.17. The van der Waals surface area contributed by atoms with Gasteiger partial charge in [0.1, 0.15) is 41.2 Å². The number of rotatable bonds is 21. The number of aliphatic hydroxyl groups is 2. The number of aldehydes is 1. The molecular formula is C53H63ClN2O10. The predicted octanol–water partition coefficient (Wildman–Crippen LogP) is 10.8. The number of halogens is 1. The summed E-state index contributed by atoms with van der Waals surface area (Å²) in [6, 6.07) is 24.1.